The van der Waals surface area contributed by atoms with Gasteiger partial charge in [0.25, 0.3) is 5.56 Å². The minimum atomic E-state index is -5.06. The van der Waals surface area contributed by atoms with Crippen molar-refractivity contribution in [2.45, 2.75) is 45.2 Å². The largest absolute Gasteiger partial charge is 0.482 e. The van der Waals surface area contributed by atoms with E-state index < -0.39 is 40.8 Å². The van der Waals surface area contributed by atoms with Gasteiger partial charge in [-0.1, -0.05) is 30.3 Å². The number of alkyl halides is 3. The van der Waals surface area contributed by atoms with E-state index in [0.717, 1.165) is 6.07 Å². The molecule has 2 N–H and O–H groups in total. The second-order valence-corrected chi connectivity index (χ2v) is 10.3. The summed E-state index contributed by atoms with van der Waals surface area (Å²) in [5.41, 5.74) is -1.82. The number of ether oxygens (including phenoxy) is 3. The van der Waals surface area contributed by atoms with Gasteiger partial charge in [0.05, 0.1) is 30.2 Å². The molecule has 0 bridgehead atoms. The van der Waals surface area contributed by atoms with Crippen LogP contribution in [0.5, 0.6) is 5.75 Å². The van der Waals surface area contributed by atoms with Gasteiger partial charge in [0.1, 0.15) is 35.8 Å². The topological polar surface area (TPSA) is 117 Å². The molecule has 10 nitrogen and oxygen atoms in total. The molecule has 4 aromatic rings. The highest BCUT2D eigenvalue weighted by molar-refractivity contribution is 5.88. The summed E-state index contributed by atoms with van der Waals surface area (Å²) in [6, 6.07) is 10.6. The van der Waals surface area contributed by atoms with Crippen molar-refractivity contribution in [3.05, 3.63) is 87.2 Å². The van der Waals surface area contributed by atoms with Crippen LogP contribution in [0, 0.1) is 12.7 Å². The van der Waals surface area contributed by atoms with Crippen molar-refractivity contribution in [2.24, 2.45) is 7.05 Å². The smallest absolute Gasteiger partial charge is 0.419 e. The number of carbonyl (C=O) groups is 1. The Morgan fingerprint density at radius 3 is 2.61 bits per heavy atom. The van der Waals surface area contributed by atoms with E-state index in [9.17, 15) is 22.8 Å². The number of aromatic nitrogens is 3. The number of anilines is 2. The van der Waals surface area contributed by atoms with E-state index in [2.05, 4.69) is 20.6 Å². The number of hydrogen-bond acceptors (Lipinski definition) is 8. The van der Waals surface area contributed by atoms with Crippen LogP contribution < -0.4 is 20.9 Å². The number of hydrogen-bond donors (Lipinski definition) is 2. The lowest BCUT2D eigenvalue weighted by molar-refractivity contribution is -0.140. The number of pyridine rings is 1. The van der Waals surface area contributed by atoms with Gasteiger partial charge in [-0.15, -0.1) is 0 Å². The molecule has 1 saturated heterocycles. The number of nitrogens with zero attached hydrogens (tertiary/aromatic N) is 3. The zero-order valence-corrected chi connectivity index (χ0v) is 24.0. The first-order valence-corrected chi connectivity index (χ1v) is 13.7. The van der Waals surface area contributed by atoms with Crippen LogP contribution in [0.3, 0.4) is 0 Å². The number of carbonyl (C=O) groups excluding carboxylic acids is 1. The lowest BCUT2D eigenvalue weighted by atomic mass is 10.0. The Hall–Kier alpha value is -4.72. The molecule has 5 rings (SSSR count). The van der Waals surface area contributed by atoms with Gasteiger partial charge in [0.15, 0.2) is 5.75 Å². The number of rotatable bonds is 8. The summed E-state index contributed by atoms with van der Waals surface area (Å²) in [5.74, 6) is -1.11. The number of nitrogens with one attached hydrogen (secondary N) is 2. The van der Waals surface area contributed by atoms with E-state index in [1.807, 2.05) is 0 Å². The Morgan fingerprint density at radius 1 is 1.18 bits per heavy atom. The van der Waals surface area contributed by atoms with Crippen LogP contribution in [0.25, 0.3) is 11.0 Å². The maximum atomic E-state index is 15.4. The number of benzene rings is 2. The highest BCUT2D eigenvalue weighted by atomic mass is 19.4. The molecule has 0 saturated carbocycles. The molecule has 1 amide bonds. The van der Waals surface area contributed by atoms with Crippen LogP contribution in [0.4, 0.5) is 33.9 Å². The number of aryl methyl sites for hydroxylation is 2. The van der Waals surface area contributed by atoms with Gasteiger partial charge in [0, 0.05) is 30.8 Å². The third kappa shape index (κ3) is 6.75. The van der Waals surface area contributed by atoms with E-state index in [0.29, 0.717) is 36.7 Å². The van der Waals surface area contributed by atoms with Crippen molar-refractivity contribution >= 4 is 28.6 Å². The Morgan fingerprint density at radius 2 is 1.93 bits per heavy atom. The lowest BCUT2D eigenvalue weighted by Crippen LogP contribution is -2.26. The molecule has 3 heterocycles. The zero-order chi connectivity index (χ0) is 31.6. The van der Waals surface area contributed by atoms with Crippen molar-refractivity contribution in [2.75, 3.05) is 23.8 Å². The summed E-state index contributed by atoms with van der Waals surface area (Å²) < 4.78 is 74.6. The summed E-state index contributed by atoms with van der Waals surface area (Å²) in [4.78, 5) is 34.1. The second-order valence-electron chi connectivity index (χ2n) is 10.3. The monoisotopic (exact) mass is 615 g/mol. The second kappa shape index (κ2) is 12.5. The van der Waals surface area contributed by atoms with Gasteiger partial charge in [-0.2, -0.15) is 13.2 Å². The Balaban J connectivity index is 1.47. The number of fused-ring (bicyclic) bond motifs is 1. The summed E-state index contributed by atoms with van der Waals surface area (Å²) >= 11 is 0. The third-order valence-electron chi connectivity index (χ3n) is 7.01. The predicted molar refractivity (Wildman–Crippen MR) is 153 cm³/mol. The molecule has 1 aliphatic heterocycles. The standard InChI is InChI=1S/C30H29F4N5O5/c1-16(35-26-22-13-24(44-20-9-10-42-15-20)28(40)39(3)27(22)37-17(2)36-26)21-11-19(12-23(25(21)31)30(32,33)34)38-29(41)43-14-18-7-5-4-6-8-18/h4-8,11-13,16,20H,9-10,14-15H2,1-3H3,(H,38,41)(H,35,36,37)/t16?,20-/m0/s1. The third-order valence-corrected chi connectivity index (χ3v) is 7.01. The van der Waals surface area contributed by atoms with Crippen LogP contribution >= 0.6 is 0 Å². The number of amides is 1. The van der Waals surface area contributed by atoms with Gasteiger partial charge in [-0.25, -0.2) is 19.2 Å². The maximum Gasteiger partial charge on any atom is 0.419 e. The summed E-state index contributed by atoms with van der Waals surface area (Å²) in [5, 5.41) is 5.54. The Bertz CT molecular complexity index is 1740. The molecular formula is C30H29F4N5O5. The quantitative estimate of drug-likeness (QED) is 0.236. The first kappa shape index (κ1) is 30.7. The summed E-state index contributed by atoms with van der Waals surface area (Å²) in [6.45, 7) is 3.71. The van der Waals surface area contributed by atoms with E-state index in [-0.39, 0.29) is 41.4 Å². The van der Waals surface area contributed by atoms with Crippen molar-refractivity contribution in [3.8, 4) is 5.75 Å². The number of halogens is 4. The molecular weight excluding hydrogens is 586 g/mol. The van der Waals surface area contributed by atoms with Gasteiger partial charge >= 0.3 is 12.3 Å². The van der Waals surface area contributed by atoms with E-state index in [1.54, 1.807) is 37.3 Å². The Kier molecular flexibility index (Phi) is 8.72. The molecule has 2 aromatic heterocycles. The molecule has 0 radical (unpaired) electrons. The van der Waals surface area contributed by atoms with Crippen LogP contribution in [0.1, 0.15) is 41.9 Å². The van der Waals surface area contributed by atoms with Gasteiger partial charge in [-0.05, 0) is 31.5 Å². The predicted octanol–water partition coefficient (Wildman–Crippen LogP) is 5.88. The van der Waals surface area contributed by atoms with E-state index >= 15 is 4.39 Å². The normalized spacial score (nSPS) is 15.7. The van der Waals surface area contributed by atoms with Crippen LogP contribution in [-0.4, -0.2) is 39.9 Å². The molecule has 0 aliphatic carbocycles. The van der Waals surface area contributed by atoms with Crippen molar-refractivity contribution in [1.29, 1.82) is 0 Å². The van der Waals surface area contributed by atoms with E-state index in [4.69, 9.17) is 14.2 Å². The molecule has 2 atom stereocenters. The lowest BCUT2D eigenvalue weighted by Gasteiger charge is -2.21. The van der Waals surface area contributed by atoms with E-state index in [1.165, 1.54) is 24.6 Å². The molecule has 14 heteroatoms. The molecule has 2 aromatic carbocycles. The molecule has 1 fully saturated rings. The minimum absolute atomic E-state index is 0.0180. The highest BCUT2D eigenvalue weighted by Gasteiger charge is 2.36. The summed E-state index contributed by atoms with van der Waals surface area (Å²) in [7, 11) is 1.50. The van der Waals surface area contributed by atoms with Crippen molar-refractivity contribution < 1.29 is 36.6 Å². The van der Waals surface area contributed by atoms with Gasteiger partial charge in [-0.3, -0.25) is 14.7 Å². The molecule has 1 aliphatic rings. The van der Waals surface area contributed by atoms with Crippen LogP contribution in [0.2, 0.25) is 0 Å². The zero-order valence-electron chi connectivity index (χ0n) is 24.0. The Labute approximate surface area is 249 Å². The molecule has 44 heavy (non-hydrogen) atoms. The van der Waals surface area contributed by atoms with Gasteiger partial charge < -0.3 is 19.5 Å². The molecule has 232 valence electrons. The maximum absolute atomic E-state index is 15.4. The fraction of sp³-hybridized carbons (Fsp3) is 0.333. The first-order valence-electron chi connectivity index (χ1n) is 13.7. The fourth-order valence-corrected chi connectivity index (χ4v) is 4.79. The summed E-state index contributed by atoms with van der Waals surface area (Å²) in [6.07, 6.45) is -5.81. The van der Waals surface area contributed by atoms with Crippen molar-refractivity contribution in [1.82, 2.24) is 14.5 Å². The highest BCUT2D eigenvalue weighted by Crippen LogP contribution is 2.37. The van der Waals surface area contributed by atoms with Crippen molar-refractivity contribution in [3.63, 3.8) is 0 Å². The average molecular weight is 616 g/mol. The average Bonchev–Trinajstić information content (AvgIpc) is 3.49. The fourth-order valence-electron chi connectivity index (χ4n) is 4.79. The SMILES string of the molecule is Cc1nc(NC(C)c2cc(NC(=O)OCc3ccccc3)cc(C(F)(F)F)c2F)c2cc(O[C@H]3CCOC3)c(=O)n(C)c2n1. The molecule has 1 unspecified atom stereocenters. The van der Waals surface area contributed by atoms with Crippen LogP contribution in [-0.2, 0) is 29.3 Å². The molecule has 0 spiro atoms. The minimum Gasteiger partial charge on any atom is -0.482 e. The first-order chi connectivity index (χ1) is 20.9. The van der Waals surface area contributed by atoms with Gasteiger partial charge in [0.2, 0.25) is 0 Å². The van der Waals surface area contributed by atoms with Crippen LogP contribution in [0.15, 0.2) is 53.3 Å².